The van der Waals surface area contributed by atoms with Crippen LogP contribution in [0.15, 0.2) is 18.2 Å². The SMILES string of the molecule is COc1ccc(N)c(NC(=O)CCCNC(=O)C2CC2)c1. The minimum Gasteiger partial charge on any atom is -0.497 e. The van der Waals surface area contributed by atoms with E-state index in [4.69, 9.17) is 10.5 Å². The fourth-order valence-electron chi connectivity index (χ4n) is 1.93. The monoisotopic (exact) mass is 291 g/mol. The zero-order chi connectivity index (χ0) is 15.2. The average Bonchev–Trinajstić information content (AvgIpc) is 3.30. The zero-order valence-corrected chi connectivity index (χ0v) is 12.1. The van der Waals surface area contributed by atoms with Crippen molar-refractivity contribution in [1.82, 2.24) is 5.32 Å². The molecule has 21 heavy (non-hydrogen) atoms. The van der Waals surface area contributed by atoms with E-state index in [-0.39, 0.29) is 17.7 Å². The van der Waals surface area contributed by atoms with E-state index in [0.29, 0.717) is 36.5 Å². The maximum atomic E-state index is 11.8. The Kier molecular flexibility index (Phi) is 5.03. The van der Waals surface area contributed by atoms with Crippen molar-refractivity contribution in [3.05, 3.63) is 18.2 Å². The summed E-state index contributed by atoms with van der Waals surface area (Å²) in [6, 6.07) is 5.10. The summed E-state index contributed by atoms with van der Waals surface area (Å²) in [6.07, 6.45) is 2.92. The Labute approximate surface area is 124 Å². The van der Waals surface area contributed by atoms with Gasteiger partial charge in [-0.1, -0.05) is 0 Å². The third kappa shape index (κ3) is 4.66. The van der Waals surface area contributed by atoms with Crippen molar-refractivity contribution in [2.45, 2.75) is 25.7 Å². The third-order valence-electron chi connectivity index (χ3n) is 3.36. The fourth-order valence-corrected chi connectivity index (χ4v) is 1.93. The molecule has 0 heterocycles. The van der Waals surface area contributed by atoms with E-state index in [1.807, 2.05) is 0 Å². The summed E-state index contributed by atoms with van der Waals surface area (Å²) >= 11 is 0. The normalized spacial score (nSPS) is 13.6. The smallest absolute Gasteiger partial charge is 0.224 e. The van der Waals surface area contributed by atoms with Gasteiger partial charge in [-0.3, -0.25) is 9.59 Å². The van der Waals surface area contributed by atoms with Crippen LogP contribution >= 0.6 is 0 Å². The van der Waals surface area contributed by atoms with Crippen molar-refractivity contribution in [3.8, 4) is 5.75 Å². The van der Waals surface area contributed by atoms with Gasteiger partial charge in [0.05, 0.1) is 18.5 Å². The Morgan fingerprint density at radius 2 is 2.14 bits per heavy atom. The van der Waals surface area contributed by atoms with E-state index >= 15 is 0 Å². The molecule has 0 unspecified atom stereocenters. The van der Waals surface area contributed by atoms with Gasteiger partial charge >= 0.3 is 0 Å². The number of anilines is 2. The molecule has 0 aromatic heterocycles. The highest BCUT2D eigenvalue weighted by atomic mass is 16.5. The highest BCUT2D eigenvalue weighted by molar-refractivity contribution is 5.94. The first kappa shape index (κ1) is 15.2. The molecular formula is C15H21N3O3. The second-order valence-electron chi connectivity index (χ2n) is 5.17. The van der Waals surface area contributed by atoms with Crippen LogP contribution in [0.3, 0.4) is 0 Å². The number of hydrogen-bond acceptors (Lipinski definition) is 4. The van der Waals surface area contributed by atoms with Crippen molar-refractivity contribution in [2.75, 3.05) is 24.7 Å². The number of hydrogen-bond donors (Lipinski definition) is 3. The van der Waals surface area contributed by atoms with E-state index in [9.17, 15) is 9.59 Å². The Balaban J connectivity index is 1.72. The molecule has 1 aliphatic carbocycles. The predicted octanol–water partition coefficient (Wildman–Crippen LogP) is 1.52. The van der Waals surface area contributed by atoms with Crippen molar-refractivity contribution < 1.29 is 14.3 Å². The van der Waals surface area contributed by atoms with Gasteiger partial charge in [-0.05, 0) is 31.4 Å². The summed E-state index contributed by atoms with van der Waals surface area (Å²) in [6.45, 7) is 0.524. The van der Waals surface area contributed by atoms with Gasteiger partial charge in [-0.2, -0.15) is 0 Å². The van der Waals surface area contributed by atoms with Crippen LogP contribution in [-0.4, -0.2) is 25.5 Å². The molecule has 0 saturated heterocycles. The molecule has 0 bridgehead atoms. The van der Waals surface area contributed by atoms with E-state index in [1.165, 1.54) is 0 Å². The number of ether oxygens (including phenoxy) is 1. The molecule has 114 valence electrons. The van der Waals surface area contributed by atoms with Gasteiger partial charge in [0.1, 0.15) is 5.75 Å². The molecule has 0 spiro atoms. The Hall–Kier alpha value is -2.24. The fraction of sp³-hybridized carbons (Fsp3) is 0.467. The van der Waals surface area contributed by atoms with Crippen LogP contribution in [0.4, 0.5) is 11.4 Å². The molecule has 0 atom stereocenters. The molecule has 0 radical (unpaired) electrons. The van der Waals surface area contributed by atoms with E-state index in [1.54, 1.807) is 25.3 Å². The van der Waals surface area contributed by atoms with Crippen LogP contribution in [-0.2, 0) is 9.59 Å². The van der Waals surface area contributed by atoms with Crippen molar-refractivity contribution in [3.63, 3.8) is 0 Å². The second-order valence-corrected chi connectivity index (χ2v) is 5.17. The maximum absolute atomic E-state index is 11.8. The number of carbonyl (C=O) groups is 2. The molecule has 1 aromatic rings. The molecular weight excluding hydrogens is 270 g/mol. The van der Waals surface area contributed by atoms with Crippen molar-refractivity contribution in [2.24, 2.45) is 5.92 Å². The second kappa shape index (κ2) is 6.97. The summed E-state index contributed by atoms with van der Waals surface area (Å²) in [7, 11) is 1.56. The molecule has 6 nitrogen and oxygen atoms in total. The summed E-state index contributed by atoms with van der Waals surface area (Å²) in [4.78, 5) is 23.2. The van der Waals surface area contributed by atoms with Crippen molar-refractivity contribution >= 4 is 23.2 Å². The van der Waals surface area contributed by atoms with Gasteiger partial charge in [0, 0.05) is 24.9 Å². The van der Waals surface area contributed by atoms with Crippen LogP contribution in [0, 0.1) is 5.92 Å². The lowest BCUT2D eigenvalue weighted by molar-refractivity contribution is -0.122. The first-order chi connectivity index (χ1) is 10.1. The van der Waals surface area contributed by atoms with Gasteiger partial charge < -0.3 is 21.1 Å². The summed E-state index contributed by atoms with van der Waals surface area (Å²) in [5.74, 6) is 0.815. The molecule has 2 amide bonds. The number of carbonyl (C=O) groups excluding carboxylic acids is 2. The van der Waals surface area contributed by atoms with Crippen LogP contribution < -0.4 is 21.1 Å². The lowest BCUT2D eigenvalue weighted by atomic mass is 10.2. The minimum absolute atomic E-state index is 0.104. The molecule has 4 N–H and O–H groups in total. The topological polar surface area (TPSA) is 93.4 Å². The van der Waals surface area contributed by atoms with Crippen LogP contribution in [0.1, 0.15) is 25.7 Å². The Bertz CT molecular complexity index is 527. The summed E-state index contributed by atoms with van der Waals surface area (Å²) < 4.78 is 5.09. The molecule has 1 aliphatic rings. The van der Waals surface area contributed by atoms with Crippen molar-refractivity contribution in [1.29, 1.82) is 0 Å². The van der Waals surface area contributed by atoms with Gasteiger partial charge in [0.15, 0.2) is 0 Å². The standard InChI is InChI=1S/C15H21N3O3/c1-21-11-6-7-12(16)13(9-11)18-14(19)3-2-8-17-15(20)10-4-5-10/h6-7,9-10H,2-5,8,16H2,1H3,(H,17,20)(H,18,19). The molecule has 2 rings (SSSR count). The average molecular weight is 291 g/mol. The number of nitrogens with two attached hydrogens (primary N) is 1. The Morgan fingerprint density at radius 1 is 1.38 bits per heavy atom. The van der Waals surface area contributed by atoms with Gasteiger partial charge in [-0.25, -0.2) is 0 Å². The zero-order valence-electron chi connectivity index (χ0n) is 12.1. The predicted molar refractivity (Wildman–Crippen MR) is 81.0 cm³/mol. The highest BCUT2D eigenvalue weighted by Gasteiger charge is 2.28. The first-order valence-corrected chi connectivity index (χ1v) is 7.11. The largest absolute Gasteiger partial charge is 0.497 e. The summed E-state index contributed by atoms with van der Waals surface area (Å²) in [5.41, 5.74) is 6.83. The maximum Gasteiger partial charge on any atom is 0.224 e. The number of nitrogen functional groups attached to an aromatic ring is 1. The number of benzene rings is 1. The van der Waals surface area contributed by atoms with Gasteiger partial charge in [-0.15, -0.1) is 0 Å². The van der Waals surface area contributed by atoms with Gasteiger partial charge in [0.2, 0.25) is 11.8 Å². The lowest BCUT2D eigenvalue weighted by Gasteiger charge is -2.10. The highest BCUT2D eigenvalue weighted by Crippen LogP contribution is 2.28. The third-order valence-corrected chi connectivity index (χ3v) is 3.36. The summed E-state index contributed by atoms with van der Waals surface area (Å²) in [5, 5.41) is 5.58. The lowest BCUT2D eigenvalue weighted by Crippen LogP contribution is -2.26. The van der Waals surface area contributed by atoms with Crippen LogP contribution in [0.5, 0.6) is 5.75 Å². The van der Waals surface area contributed by atoms with E-state index in [0.717, 1.165) is 12.8 Å². The number of amides is 2. The molecule has 1 fully saturated rings. The number of methoxy groups -OCH3 is 1. The van der Waals surface area contributed by atoms with Crippen LogP contribution in [0.25, 0.3) is 0 Å². The quantitative estimate of drug-likeness (QED) is 0.524. The van der Waals surface area contributed by atoms with Crippen LogP contribution in [0.2, 0.25) is 0 Å². The molecule has 1 saturated carbocycles. The molecule has 0 aliphatic heterocycles. The van der Waals surface area contributed by atoms with E-state index < -0.39 is 0 Å². The number of nitrogens with one attached hydrogen (secondary N) is 2. The van der Waals surface area contributed by atoms with E-state index in [2.05, 4.69) is 10.6 Å². The number of rotatable bonds is 7. The minimum atomic E-state index is -0.129. The Morgan fingerprint density at radius 3 is 2.81 bits per heavy atom. The first-order valence-electron chi connectivity index (χ1n) is 7.11. The molecule has 6 heteroatoms. The molecule has 1 aromatic carbocycles. The van der Waals surface area contributed by atoms with Gasteiger partial charge in [0.25, 0.3) is 0 Å².